The van der Waals surface area contributed by atoms with Crippen molar-refractivity contribution in [2.45, 2.75) is 51.8 Å². The van der Waals surface area contributed by atoms with Crippen LogP contribution in [0.5, 0.6) is 0 Å². The molecule has 82 valence electrons. The second-order valence-corrected chi connectivity index (χ2v) is 4.64. The molecule has 4 nitrogen and oxygen atoms in total. The first-order valence-corrected chi connectivity index (χ1v) is 4.37. The molecule has 0 aromatic carbocycles. The molecular formula is C9H24N2O2. The molecule has 0 aromatic rings. The molecule has 0 saturated carbocycles. The quantitative estimate of drug-likeness (QED) is 0.488. The summed E-state index contributed by atoms with van der Waals surface area (Å²) in [6, 6.07) is 0. The first-order valence-electron chi connectivity index (χ1n) is 4.37. The third-order valence-electron chi connectivity index (χ3n) is 1.48. The lowest BCUT2D eigenvalue weighted by Gasteiger charge is -2.21. The number of hydrogen-bond acceptors (Lipinski definition) is 4. The van der Waals surface area contributed by atoms with E-state index in [9.17, 15) is 0 Å². The van der Waals surface area contributed by atoms with Crippen LogP contribution in [-0.2, 0) is 0 Å². The van der Waals surface area contributed by atoms with Crippen LogP contribution in [0, 0.1) is 0 Å². The Kier molecular flexibility index (Phi) is 6.53. The first-order chi connectivity index (χ1) is 5.50. The molecule has 0 aliphatic heterocycles. The Morgan fingerprint density at radius 1 is 1.15 bits per heavy atom. The van der Waals surface area contributed by atoms with Crippen LogP contribution in [0.15, 0.2) is 0 Å². The molecule has 6 N–H and O–H groups in total. The fourth-order valence-electron chi connectivity index (χ4n) is 0. The Morgan fingerprint density at radius 2 is 1.31 bits per heavy atom. The van der Waals surface area contributed by atoms with E-state index in [1.165, 1.54) is 0 Å². The van der Waals surface area contributed by atoms with Crippen LogP contribution >= 0.6 is 0 Å². The number of rotatable bonds is 2. The monoisotopic (exact) mass is 192 g/mol. The Balaban J connectivity index is 0. The molecule has 0 spiro atoms. The lowest BCUT2D eigenvalue weighted by Crippen LogP contribution is -2.43. The van der Waals surface area contributed by atoms with Gasteiger partial charge in [-0.1, -0.05) is 0 Å². The highest BCUT2D eigenvalue weighted by molar-refractivity contribution is 4.77. The van der Waals surface area contributed by atoms with E-state index in [0.717, 1.165) is 0 Å². The summed E-state index contributed by atoms with van der Waals surface area (Å²) in [5.41, 5.74) is 9.87. The van der Waals surface area contributed by atoms with Crippen molar-refractivity contribution in [2.24, 2.45) is 11.5 Å². The fourth-order valence-corrected chi connectivity index (χ4v) is 0. The number of aliphatic hydroxyl groups is 2. The molecule has 0 amide bonds. The molecule has 1 unspecified atom stereocenters. The van der Waals surface area contributed by atoms with Crippen LogP contribution in [0.4, 0.5) is 0 Å². The number of nitrogens with two attached hydrogens (primary N) is 2. The van der Waals surface area contributed by atoms with Gasteiger partial charge in [0.15, 0.2) is 0 Å². The van der Waals surface area contributed by atoms with Crippen molar-refractivity contribution >= 4 is 0 Å². The van der Waals surface area contributed by atoms with Gasteiger partial charge in [-0.25, -0.2) is 0 Å². The van der Waals surface area contributed by atoms with Gasteiger partial charge < -0.3 is 21.7 Å². The topological polar surface area (TPSA) is 92.5 Å². The molecule has 0 aromatic heterocycles. The Labute approximate surface area is 80.9 Å². The van der Waals surface area contributed by atoms with E-state index >= 15 is 0 Å². The third kappa shape index (κ3) is 14.7. The second-order valence-electron chi connectivity index (χ2n) is 4.64. The standard InChI is InChI=1S/C5H13NO.C4H11NO/c1-4(7)5(2,3)6;1-4(2,5)3-6/h4,7H,6H2,1-3H3;6H,3,5H2,1-2H3. The van der Waals surface area contributed by atoms with Gasteiger partial charge in [-0.2, -0.15) is 0 Å². The van der Waals surface area contributed by atoms with Gasteiger partial charge in [-0.05, 0) is 34.6 Å². The molecule has 0 bridgehead atoms. The highest BCUT2D eigenvalue weighted by Gasteiger charge is 2.16. The summed E-state index contributed by atoms with van der Waals surface area (Å²) in [5, 5.41) is 17.0. The highest BCUT2D eigenvalue weighted by Crippen LogP contribution is 2.01. The summed E-state index contributed by atoms with van der Waals surface area (Å²) < 4.78 is 0. The molecule has 4 heteroatoms. The Morgan fingerprint density at radius 3 is 1.31 bits per heavy atom. The van der Waals surface area contributed by atoms with Crippen LogP contribution in [0.2, 0.25) is 0 Å². The van der Waals surface area contributed by atoms with E-state index in [2.05, 4.69) is 0 Å². The van der Waals surface area contributed by atoms with Crippen molar-refractivity contribution in [1.82, 2.24) is 0 Å². The maximum Gasteiger partial charge on any atom is 0.0686 e. The third-order valence-corrected chi connectivity index (χ3v) is 1.48. The van der Waals surface area contributed by atoms with Gasteiger partial charge in [0.05, 0.1) is 12.7 Å². The minimum Gasteiger partial charge on any atom is -0.394 e. The Bertz CT molecular complexity index is 123. The zero-order valence-corrected chi connectivity index (χ0v) is 9.33. The summed E-state index contributed by atoms with van der Waals surface area (Å²) >= 11 is 0. The molecule has 0 aliphatic carbocycles. The summed E-state index contributed by atoms with van der Waals surface area (Å²) in [5.74, 6) is 0. The van der Waals surface area contributed by atoms with Crippen molar-refractivity contribution in [1.29, 1.82) is 0 Å². The van der Waals surface area contributed by atoms with Gasteiger partial charge in [-0.15, -0.1) is 0 Å². The fraction of sp³-hybridized carbons (Fsp3) is 1.00. The maximum atomic E-state index is 8.76. The highest BCUT2D eigenvalue weighted by atomic mass is 16.3. The molecule has 0 radical (unpaired) electrons. The average Bonchev–Trinajstić information content (AvgIpc) is 1.85. The molecule has 1 atom stereocenters. The van der Waals surface area contributed by atoms with E-state index in [-0.39, 0.29) is 6.61 Å². The predicted molar refractivity (Wildman–Crippen MR) is 55.3 cm³/mol. The van der Waals surface area contributed by atoms with Gasteiger partial charge >= 0.3 is 0 Å². The van der Waals surface area contributed by atoms with Crippen molar-refractivity contribution in [3.05, 3.63) is 0 Å². The Hall–Kier alpha value is -0.160. The van der Waals surface area contributed by atoms with E-state index in [0.29, 0.717) is 0 Å². The van der Waals surface area contributed by atoms with E-state index in [4.69, 9.17) is 21.7 Å². The van der Waals surface area contributed by atoms with Crippen LogP contribution in [0.1, 0.15) is 34.6 Å². The smallest absolute Gasteiger partial charge is 0.0686 e. The van der Waals surface area contributed by atoms with Gasteiger partial charge in [0.2, 0.25) is 0 Å². The maximum absolute atomic E-state index is 8.76. The zero-order valence-electron chi connectivity index (χ0n) is 9.33. The van der Waals surface area contributed by atoms with Gasteiger partial charge in [0, 0.05) is 11.1 Å². The van der Waals surface area contributed by atoms with Gasteiger partial charge in [-0.3, -0.25) is 0 Å². The predicted octanol–water partition coefficient (Wildman–Crippen LogP) is -0.179. The molecule has 0 fully saturated rings. The minimum atomic E-state index is -0.444. The molecule has 0 saturated heterocycles. The summed E-state index contributed by atoms with van der Waals surface area (Å²) in [4.78, 5) is 0. The second kappa shape index (κ2) is 5.54. The first kappa shape index (κ1) is 15.3. The van der Waals surface area contributed by atoms with Crippen molar-refractivity contribution in [3.63, 3.8) is 0 Å². The minimum absolute atomic E-state index is 0.0486. The van der Waals surface area contributed by atoms with Crippen LogP contribution in [0.25, 0.3) is 0 Å². The van der Waals surface area contributed by atoms with Crippen LogP contribution in [-0.4, -0.2) is 34.0 Å². The van der Waals surface area contributed by atoms with E-state index in [1.54, 1.807) is 34.6 Å². The summed E-state index contributed by atoms with van der Waals surface area (Å²) in [6.07, 6.45) is -0.424. The summed E-state index contributed by atoms with van der Waals surface area (Å²) in [6.45, 7) is 8.85. The molecule has 0 aliphatic rings. The van der Waals surface area contributed by atoms with E-state index in [1.807, 2.05) is 0 Å². The average molecular weight is 192 g/mol. The zero-order chi connectivity index (χ0) is 11.3. The number of hydrogen-bond donors (Lipinski definition) is 4. The lowest BCUT2D eigenvalue weighted by molar-refractivity contribution is 0.122. The summed E-state index contributed by atoms with van der Waals surface area (Å²) in [7, 11) is 0. The molecule has 13 heavy (non-hydrogen) atoms. The van der Waals surface area contributed by atoms with Crippen LogP contribution in [0.3, 0.4) is 0 Å². The van der Waals surface area contributed by atoms with Gasteiger partial charge in [0.25, 0.3) is 0 Å². The SMILES string of the molecule is CC(C)(N)CO.CC(O)C(C)(C)N. The van der Waals surface area contributed by atoms with Gasteiger partial charge in [0.1, 0.15) is 0 Å². The van der Waals surface area contributed by atoms with Crippen molar-refractivity contribution < 1.29 is 10.2 Å². The normalized spacial score (nSPS) is 14.5. The molecule has 0 heterocycles. The van der Waals surface area contributed by atoms with Crippen LogP contribution < -0.4 is 11.5 Å². The lowest BCUT2D eigenvalue weighted by atomic mass is 10.0. The van der Waals surface area contributed by atoms with Crippen molar-refractivity contribution in [3.8, 4) is 0 Å². The largest absolute Gasteiger partial charge is 0.394 e. The number of aliphatic hydroxyl groups excluding tert-OH is 2. The molecule has 0 rings (SSSR count). The van der Waals surface area contributed by atoms with E-state index < -0.39 is 17.2 Å². The van der Waals surface area contributed by atoms with Crippen molar-refractivity contribution in [2.75, 3.05) is 6.61 Å². The molecular weight excluding hydrogens is 168 g/mol.